The molecule has 4 N–H and O–H groups in total. The molecule has 8 heavy (non-hydrogen) atoms. The molecule has 0 aliphatic heterocycles. The predicted octanol–water partition coefficient (Wildman–Crippen LogP) is -0.791. The van der Waals surface area contributed by atoms with E-state index in [4.69, 9.17) is 11.5 Å². The molecular weight excluding hydrogens is 104 g/mol. The normalized spacial score (nSPS) is 44.0. The molecule has 0 heterocycles. The lowest BCUT2D eigenvalue weighted by Gasteiger charge is -1.99. The van der Waals surface area contributed by atoms with E-state index in [-0.39, 0.29) is 17.4 Å². The highest BCUT2D eigenvalue weighted by atomic mass is 16.1. The number of primary amides is 1. The Balaban J connectivity index is 2.60. The molecule has 0 radical (unpaired) electrons. The second-order valence-electron chi connectivity index (χ2n) is 2.59. The minimum absolute atomic E-state index is 0.0139. The summed E-state index contributed by atoms with van der Waals surface area (Å²) in [6, 6.07) is 0.0139. The van der Waals surface area contributed by atoms with Gasteiger partial charge >= 0.3 is 0 Å². The molecule has 1 aliphatic rings. The van der Waals surface area contributed by atoms with Gasteiger partial charge < -0.3 is 11.5 Å². The van der Waals surface area contributed by atoms with Gasteiger partial charge in [0.15, 0.2) is 0 Å². The SMILES string of the molecule is CC1(C(N)=O)CC1N. The summed E-state index contributed by atoms with van der Waals surface area (Å²) in [5, 5.41) is 0. The Morgan fingerprint density at radius 2 is 2.25 bits per heavy atom. The highest BCUT2D eigenvalue weighted by Gasteiger charge is 2.52. The van der Waals surface area contributed by atoms with E-state index in [0.29, 0.717) is 0 Å². The largest absolute Gasteiger partial charge is 0.369 e. The maximum atomic E-state index is 10.4. The van der Waals surface area contributed by atoms with E-state index in [9.17, 15) is 4.79 Å². The van der Waals surface area contributed by atoms with Crippen molar-refractivity contribution in [3.8, 4) is 0 Å². The predicted molar refractivity (Wildman–Crippen MR) is 29.9 cm³/mol. The summed E-state index contributed by atoms with van der Waals surface area (Å²) in [6.07, 6.45) is 0.752. The van der Waals surface area contributed by atoms with Crippen LogP contribution in [0, 0.1) is 5.41 Å². The molecule has 0 bridgehead atoms. The lowest BCUT2D eigenvalue weighted by atomic mass is 10.1. The average molecular weight is 114 g/mol. The maximum absolute atomic E-state index is 10.4. The zero-order valence-electron chi connectivity index (χ0n) is 4.85. The lowest BCUT2D eigenvalue weighted by molar-refractivity contribution is -0.122. The van der Waals surface area contributed by atoms with Gasteiger partial charge in [0.05, 0.1) is 5.41 Å². The van der Waals surface area contributed by atoms with Crippen molar-refractivity contribution >= 4 is 5.91 Å². The topological polar surface area (TPSA) is 69.1 Å². The van der Waals surface area contributed by atoms with Crippen LogP contribution in [-0.4, -0.2) is 11.9 Å². The number of hydrogen-bond donors (Lipinski definition) is 2. The zero-order chi connectivity index (χ0) is 6.36. The molecule has 2 unspecified atom stereocenters. The monoisotopic (exact) mass is 114 g/mol. The van der Waals surface area contributed by atoms with E-state index in [0.717, 1.165) is 6.42 Å². The summed E-state index contributed by atoms with van der Waals surface area (Å²) in [5.74, 6) is -0.273. The molecule has 1 saturated carbocycles. The molecule has 1 aliphatic carbocycles. The first kappa shape index (κ1) is 5.56. The summed E-state index contributed by atoms with van der Waals surface area (Å²) in [5.41, 5.74) is 10.0. The summed E-state index contributed by atoms with van der Waals surface area (Å²) in [6.45, 7) is 1.79. The zero-order valence-corrected chi connectivity index (χ0v) is 4.85. The van der Waals surface area contributed by atoms with Crippen molar-refractivity contribution in [3.05, 3.63) is 0 Å². The molecule has 0 aromatic carbocycles. The van der Waals surface area contributed by atoms with E-state index < -0.39 is 0 Å². The summed E-state index contributed by atoms with van der Waals surface area (Å²) < 4.78 is 0. The van der Waals surface area contributed by atoms with Crippen LogP contribution in [0.4, 0.5) is 0 Å². The standard InChI is InChI=1S/C5H10N2O/c1-5(4(7)8)2-3(5)6/h3H,2,6H2,1H3,(H2,7,8). The Morgan fingerprint density at radius 1 is 1.88 bits per heavy atom. The van der Waals surface area contributed by atoms with Gasteiger partial charge in [0.1, 0.15) is 0 Å². The van der Waals surface area contributed by atoms with Crippen molar-refractivity contribution in [2.24, 2.45) is 16.9 Å². The first-order valence-corrected chi connectivity index (χ1v) is 2.63. The fourth-order valence-electron chi connectivity index (χ4n) is 0.681. The fraction of sp³-hybridized carbons (Fsp3) is 0.800. The summed E-state index contributed by atoms with van der Waals surface area (Å²) >= 11 is 0. The number of amides is 1. The van der Waals surface area contributed by atoms with Crippen molar-refractivity contribution < 1.29 is 4.79 Å². The first-order valence-electron chi connectivity index (χ1n) is 2.63. The van der Waals surface area contributed by atoms with Crippen molar-refractivity contribution in [1.82, 2.24) is 0 Å². The highest BCUT2D eigenvalue weighted by molar-refractivity contribution is 5.84. The van der Waals surface area contributed by atoms with Gasteiger partial charge in [-0.25, -0.2) is 0 Å². The van der Waals surface area contributed by atoms with Crippen LogP contribution in [0.3, 0.4) is 0 Å². The Bertz CT molecular complexity index is 134. The van der Waals surface area contributed by atoms with Crippen LogP contribution in [0.2, 0.25) is 0 Å². The number of rotatable bonds is 1. The highest BCUT2D eigenvalue weighted by Crippen LogP contribution is 2.42. The van der Waals surface area contributed by atoms with Gasteiger partial charge in [-0.1, -0.05) is 0 Å². The second kappa shape index (κ2) is 1.23. The van der Waals surface area contributed by atoms with Crippen molar-refractivity contribution in [2.45, 2.75) is 19.4 Å². The van der Waals surface area contributed by atoms with Crippen LogP contribution in [0.15, 0.2) is 0 Å². The molecule has 1 fully saturated rings. The summed E-state index contributed by atoms with van der Waals surface area (Å²) in [4.78, 5) is 10.4. The Labute approximate surface area is 48.0 Å². The molecule has 3 heteroatoms. The van der Waals surface area contributed by atoms with Crippen LogP contribution < -0.4 is 11.5 Å². The molecule has 1 amide bonds. The lowest BCUT2D eigenvalue weighted by Crippen LogP contribution is -2.27. The van der Waals surface area contributed by atoms with Gasteiger partial charge in [-0.2, -0.15) is 0 Å². The van der Waals surface area contributed by atoms with Gasteiger partial charge in [0, 0.05) is 6.04 Å². The molecule has 1 rings (SSSR count). The Hall–Kier alpha value is -0.570. The van der Waals surface area contributed by atoms with Crippen LogP contribution in [-0.2, 0) is 4.79 Å². The van der Waals surface area contributed by atoms with E-state index in [1.807, 2.05) is 0 Å². The molecule has 0 aromatic heterocycles. The maximum Gasteiger partial charge on any atom is 0.224 e. The Morgan fingerprint density at radius 3 is 2.25 bits per heavy atom. The molecule has 0 aromatic rings. The van der Waals surface area contributed by atoms with E-state index in [1.165, 1.54) is 0 Å². The third-order valence-corrected chi connectivity index (χ3v) is 1.87. The minimum Gasteiger partial charge on any atom is -0.369 e. The van der Waals surface area contributed by atoms with Gasteiger partial charge in [-0.15, -0.1) is 0 Å². The van der Waals surface area contributed by atoms with Gasteiger partial charge in [-0.05, 0) is 13.3 Å². The second-order valence-corrected chi connectivity index (χ2v) is 2.59. The fourth-order valence-corrected chi connectivity index (χ4v) is 0.681. The quantitative estimate of drug-likeness (QED) is 0.469. The van der Waals surface area contributed by atoms with Crippen LogP contribution in [0.5, 0.6) is 0 Å². The number of carbonyl (C=O) groups is 1. The van der Waals surface area contributed by atoms with Crippen molar-refractivity contribution in [1.29, 1.82) is 0 Å². The molecule has 2 atom stereocenters. The Kier molecular flexibility index (Phi) is 0.854. The smallest absolute Gasteiger partial charge is 0.224 e. The van der Waals surface area contributed by atoms with Gasteiger partial charge in [0.25, 0.3) is 0 Å². The third kappa shape index (κ3) is 0.512. The van der Waals surface area contributed by atoms with Crippen LogP contribution >= 0.6 is 0 Å². The first-order chi connectivity index (χ1) is 3.57. The van der Waals surface area contributed by atoms with E-state index in [2.05, 4.69) is 0 Å². The third-order valence-electron chi connectivity index (χ3n) is 1.87. The van der Waals surface area contributed by atoms with Gasteiger partial charge in [0.2, 0.25) is 5.91 Å². The van der Waals surface area contributed by atoms with E-state index in [1.54, 1.807) is 6.92 Å². The van der Waals surface area contributed by atoms with Crippen LogP contribution in [0.25, 0.3) is 0 Å². The molecule has 46 valence electrons. The van der Waals surface area contributed by atoms with Crippen molar-refractivity contribution in [3.63, 3.8) is 0 Å². The average Bonchev–Trinajstić information content (AvgIpc) is 2.17. The van der Waals surface area contributed by atoms with Crippen LogP contribution in [0.1, 0.15) is 13.3 Å². The molecule has 3 nitrogen and oxygen atoms in total. The molecular formula is C5H10N2O. The molecule has 0 saturated heterocycles. The molecule has 0 spiro atoms. The van der Waals surface area contributed by atoms with Crippen molar-refractivity contribution in [2.75, 3.05) is 0 Å². The van der Waals surface area contributed by atoms with E-state index >= 15 is 0 Å². The number of hydrogen-bond acceptors (Lipinski definition) is 2. The number of carbonyl (C=O) groups excluding carboxylic acids is 1. The minimum atomic E-state index is -0.375. The van der Waals surface area contributed by atoms with Gasteiger partial charge in [-0.3, -0.25) is 4.79 Å². The summed E-state index contributed by atoms with van der Waals surface area (Å²) in [7, 11) is 0. The number of nitrogens with two attached hydrogens (primary N) is 2.